The second kappa shape index (κ2) is 7.29. The van der Waals surface area contributed by atoms with Crippen LogP contribution in [0.15, 0.2) is 0 Å². The lowest BCUT2D eigenvalue weighted by Crippen LogP contribution is -2.47. The van der Waals surface area contributed by atoms with Crippen molar-refractivity contribution in [2.75, 3.05) is 20.2 Å². The van der Waals surface area contributed by atoms with Crippen LogP contribution in [-0.4, -0.2) is 43.5 Å². The van der Waals surface area contributed by atoms with E-state index < -0.39 is 17.9 Å². The van der Waals surface area contributed by atoms with Crippen molar-refractivity contribution in [2.45, 2.75) is 58.2 Å². The van der Waals surface area contributed by atoms with Gasteiger partial charge in [-0.05, 0) is 31.6 Å². The highest BCUT2D eigenvalue weighted by atomic mass is 19.1. The van der Waals surface area contributed by atoms with Gasteiger partial charge in [-0.3, -0.25) is 4.79 Å². The highest BCUT2D eigenvalue weighted by Crippen LogP contribution is 2.46. The van der Waals surface area contributed by atoms with Gasteiger partial charge in [-0.25, -0.2) is 9.18 Å². The van der Waals surface area contributed by atoms with E-state index in [4.69, 9.17) is 9.47 Å². The smallest absolute Gasteiger partial charge is 0.412 e. The first-order valence-electron chi connectivity index (χ1n) is 8.19. The maximum atomic E-state index is 13.4. The first-order valence-corrected chi connectivity index (χ1v) is 8.19. The minimum Gasteiger partial charge on any atom is -0.469 e. The van der Waals surface area contributed by atoms with Crippen LogP contribution in [0.4, 0.5) is 9.18 Å². The van der Waals surface area contributed by atoms with Gasteiger partial charge < -0.3 is 14.4 Å². The molecule has 1 saturated carbocycles. The largest absolute Gasteiger partial charge is 0.469 e. The third-order valence-electron chi connectivity index (χ3n) is 4.72. The van der Waals surface area contributed by atoms with Gasteiger partial charge in [0.2, 0.25) is 6.36 Å². The number of halogens is 1. The number of hydrogen-bond acceptors (Lipinski definition) is 4. The normalized spacial score (nSPS) is 22.0. The number of carbonyl (C=O) groups is 2. The van der Waals surface area contributed by atoms with Crippen LogP contribution in [0.5, 0.6) is 0 Å². The van der Waals surface area contributed by atoms with Crippen molar-refractivity contribution in [2.24, 2.45) is 11.3 Å². The van der Waals surface area contributed by atoms with Crippen LogP contribution in [0.3, 0.4) is 0 Å². The van der Waals surface area contributed by atoms with E-state index in [1.165, 1.54) is 24.9 Å². The van der Waals surface area contributed by atoms with E-state index in [0.717, 1.165) is 6.42 Å². The number of alkyl halides is 1. The molecule has 1 amide bonds. The minimum absolute atomic E-state index is 0.179. The molecule has 1 saturated heterocycles. The molecule has 0 bridgehead atoms. The molecule has 0 N–H and O–H groups in total. The van der Waals surface area contributed by atoms with Gasteiger partial charge in [0.05, 0.1) is 12.5 Å². The number of amides is 1. The molecule has 2 fully saturated rings. The Labute approximate surface area is 131 Å². The second-order valence-corrected chi connectivity index (χ2v) is 6.49. The van der Waals surface area contributed by atoms with Gasteiger partial charge in [-0.2, -0.15) is 0 Å². The van der Waals surface area contributed by atoms with Crippen LogP contribution in [0, 0.1) is 11.3 Å². The summed E-state index contributed by atoms with van der Waals surface area (Å²) in [5.41, 5.74) is -0.481. The van der Waals surface area contributed by atoms with E-state index >= 15 is 0 Å². The Kier molecular flexibility index (Phi) is 5.64. The molecule has 1 aliphatic heterocycles. The molecule has 126 valence electrons. The van der Waals surface area contributed by atoms with E-state index in [0.29, 0.717) is 38.3 Å². The molecule has 1 unspecified atom stereocenters. The number of hydrogen-bond donors (Lipinski definition) is 0. The zero-order valence-electron chi connectivity index (χ0n) is 13.5. The minimum atomic E-state index is -1.55. The molecular formula is C16H26FNO4. The second-order valence-electron chi connectivity index (χ2n) is 6.49. The summed E-state index contributed by atoms with van der Waals surface area (Å²) in [6.45, 7) is 2.67. The first kappa shape index (κ1) is 17.0. The SMILES string of the molecule is CCCC(F)OC(=O)N1CCC(CC2CC2)(C(=O)OC)CC1. The molecule has 1 heterocycles. The number of ether oxygens (including phenoxy) is 2. The molecule has 22 heavy (non-hydrogen) atoms. The fourth-order valence-electron chi connectivity index (χ4n) is 3.17. The number of rotatable bonds is 6. The average molecular weight is 315 g/mol. The Hall–Kier alpha value is -1.33. The number of likely N-dealkylation sites (tertiary alicyclic amines) is 1. The van der Waals surface area contributed by atoms with Crippen LogP contribution >= 0.6 is 0 Å². The van der Waals surface area contributed by atoms with E-state index in [9.17, 15) is 14.0 Å². The molecule has 1 aliphatic carbocycles. The van der Waals surface area contributed by atoms with Crippen molar-refractivity contribution in [3.63, 3.8) is 0 Å². The van der Waals surface area contributed by atoms with Crippen molar-refractivity contribution < 1.29 is 23.5 Å². The van der Waals surface area contributed by atoms with Crippen LogP contribution in [0.25, 0.3) is 0 Å². The third-order valence-corrected chi connectivity index (χ3v) is 4.72. The standard InChI is InChI=1S/C16H26FNO4/c1-3-4-13(17)22-15(20)18-9-7-16(8-10-18,14(19)21-2)11-12-5-6-12/h12-13H,3-11H2,1-2H3. The number of esters is 1. The molecule has 0 aromatic carbocycles. The van der Waals surface area contributed by atoms with Crippen LogP contribution in [0.1, 0.15) is 51.9 Å². The molecule has 5 nitrogen and oxygen atoms in total. The number of nitrogens with zero attached hydrogens (tertiary/aromatic N) is 1. The first-order chi connectivity index (χ1) is 10.5. The summed E-state index contributed by atoms with van der Waals surface area (Å²) in [5.74, 6) is 0.430. The Morgan fingerprint density at radius 1 is 1.32 bits per heavy atom. The number of methoxy groups -OCH3 is 1. The lowest BCUT2D eigenvalue weighted by molar-refractivity contribution is -0.157. The number of piperidine rings is 1. The monoisotopic (exact) mass is 315 g/mol. The molecule has 6 heteroatoms. The quantitative estimate of drug-likeness (QED) is 0.706. The number of carbonyl (C=O) groups excluding carboxylic acids is 2. The van der Waals surface area contributed by atoms with Crippen molar-refractivity contribution >= 4 is 12.1 Å². The van der Waals surface area contributed by atoms with Gasteiger partial charge in [0, 0.05) is 19.5 Å². The van der Waals surface area contributed by atoms with Gasteiger partial charge in [0.1, 0.15) is 0 Å². The summed E-state index contributed by atoms with van der Waals surface area (Å²) in [7, 11) is 1.41. The van der Waals surface area contributed by atoms with Crippen molar-refractivity contribution in [3.8, 4) is 0 Å². The predicted molar refractivity (Wildman–Crippen MR) is 78.9 cm³/mol. The van der Waals surface area contributed by atoms with Gasteiger partial charge in [0.15, 0.2) is 0 Å². The summed E-state index contributed by atoms with van der Waals surface area (Å²) in [4.78, 5) is 25.6. The van der Waals surface area contributed by atoms with Crippen molar-refractivity contribution in [1.82, 2.24) is 4.90 Å². The Morgan fingerprint density at radius 2 is 1.95 bits per heavy atom. The third kappa shape index (κ3) is 4.11. The molecule has 0 spiro atoms. The predicted octanol–water partition coefficient (Wildman–Crippen LogP) is 3.27. The fraction of sp³-hybridized carbons (Fsp3) is 0.875. The van der Waals surface area contributed by atoms with Gasteiger partial charge in [-0.1, -0.05) is 19.8 Å². The zero-order valence-corrected chi connectivity index (χ0v) is 13.5. The van der Waals surface area contributed by atoms with Crippen LogP contribution < -0.4 is 0 Å². The van der Waals surface area contributed by atoms with Crippen molar-refractivity contribution in [3.05, 3.63) is 0 Å². The van der Waals surface area contributed by atoms with E-state index in [1.54, 1.807) is 0 Å². The van der Waals surface area contributed by atoms with E-state index in [2.05, 4.69) is 0 Å². The molecular weight excluding hydrogens is 289 g/mol. The Bertz CT molecular complexity index is 403. The maximum Gasteiger partial charge on any atom is 0.412 e. The van der Waals surface area contributed by atoms with E-state index in [1.807, 2.05) is 6.92 Å². The fourth-order valence-corrected chi connectivity index (χ4v) is 3.17. The van der Waals surface area contributed by atoms with Crippen LogP contribution in [0.2, 0.25) is 0 Å². The summed E-state index contributed by atoms with van der Waals surface area (Å²) < 4.78 is 23.1. The van der Waals surface area contributed by atoms with Crippen LogP contribution in [-0.2, 0) is 14.3 Å². The highest BCUT2D eigenvalue weighted by molar-refractivity contribution is 5.77. The average Bonchev–Trinajstić information content (AvgIpc) is 3.31. The lowest BCUT2D eigenvalue weighted by Gasteiger charge is -2.39. The van der Waals surface area contributed by atoms with E-state index in [-0.39, 0.29) is 12.4 Å². The molecule has 0 radical (unpaired) electrons. The van der Waals surface area contributed by atoms with Gasteiger partial charge in [-0.15, -0.1) is 0 Å². The van der Waals surface area contributed by atoms with Crippen molar-refractivity contribution in [1.29, 1.82) is 0 Å². The summed E-state index contributed by atoms with van der Waals surface area (Å²) in [5, 5.41) is 0. The summed E-state index contributed by atoms with van der Waals surface area (Å²) in [6.07, 6.45) is 2.99. The topological polar surface area (TPSA) is 55.8 Å². The maximum absolute atomic E-state index is 13.4. The zero-order chi connectivity index (χ0) is 16.2. The Morgan fingerprint density at radius 3 is 2.45 bits per heavy atom. The molecule has 1 atom stereocenters. The highest BCUT2D eigenvalue weighted by Gasteiger charge is 2.46. The van der Waals surface area contributed by atoms with Gasteiger partial charge in [0.25, 0.3) is 0 Å². The molecule has 0 aromatic heterocycles. The molecule has 0 aromatic rings. The van der Waals surface area contributed by atoms with Gasteiger partial charge >= 0.3 is 12.1 Å². The molecule has 2 rings (SSSR count). The Balaban J connectivity index is 1.89. The molecule has 2 aliphatic rings. The summed E-state index contributed by atoms with van der Waals surface area (Å²) >= 11 is 0. The summed E-state index contributed by atoms with van der Waals surface area (Å²) in [6, 6.07) is 0. The lowest BCUT2D eigenvalue weighted by atomic mass is 9.74.